The average Bonchev–Trinajstić information content (AvgIpc) is 2.92. The minimum atomic E-state index is -0.0642. The topological polar surface area (TPSA) is 71.8 Å². The molecule has 1 amide bonds. The Kier molecular flexibility index (Phi) is 4.70. The van der Waals surface area contributed by atoms with Gasteiger partial charge in [-0.25, -0.2) is 0 Å². The summed E-state index contributed by atoms with van der Waals surface area (Å²) >= 11 is 0. The van der Waals surface area contributed by atoms with Crippen molar-refractivity contribution in [3.05, 3.63) is 41.7 Å². The number of anilines is 1. The molecule has 106 valence electrons. The monoisotopic (exact) mass is 273 g/mol. The van der Waals surface area contributed by atoms with Gasteiger partial charge in [-0.15, -0.1) is 5.10 Å². The molecule has 0 saturated carbocycles. The third-order valence-corrected chi connectivity index (χ3v) is 2.95. The number of nitrogens with one attached hydrogen (secondary N) is 2. The molecule has 0 atom stereocenters. The fraction of sp³-hybridized carbons (Fsp3) is 0.357. The van der Waals surface area contributed by atoms with Crippen LogP contribution >= 0.6 is 0 Å². The van der Waals surface area contributed by atoms with E-state index in [-0.39, 0.29) is 5.91 Å². The third-order valence-electron chi connectivity index (χ3n) is 2.95. The van der Waals surface area contributed by atoms with Crippen molar-refractivity contribution in [1.82, 2.24) is 20.3 Å². The van der Waals surface area contributed by atoms with Gasteiger partial charge in [0.2, 0.25) is 0 Å². The maximum atomic E-state index is 12.1. The molecule has 2 N–H and O–H groups in total. The SMILES string of the molecule is CCNc1ccc(C(=O)NCCn2ccnn2)c(C)c1. The molecule has 20 heavy (non-hydrogen) atoms. The predicted molar refractivity (Wildman–Crippen MR) is 77.7 cm³/mol. The largest absolute Gasteiger partial charge is 0.385 e. The highest BCUT2D eigenvalue weighted by molar-refractivity contribution is 5.96. The van der Waals surface area contributed by atoms with Crippen LogP contribution < -0.4 is 10.6 Å². The van der Waals surface area contributed by atoms with Crippen LogP contribution in [0.15, 0.2) is 30.6 Å². The minimum absolute atomic E-state index is 0.0642. The van der Waals surface area contributed by atoms with Gasteiger partial charge in [0.05, 0.1) is 12.7 Å². The highest BCUT2D eigenvalue weighted by Gasteiger charge is 2.08. The van der Waals surface area contributed by atoms with Gasteiger partial charge in [0.25, 0.3) is 5.91 Å². The number of benzene rings is 1. The van der Waals surface area contributed by atoms with Crippen molar-refractivity contribution in [2.45, 2.75) is 20.4 Å². The fourth-order valence-corrected chi connectivity index (χ4v) is 1.96. The summed E-state index contributed by atoms with van der Waals surface area (Å²) in [7, 11) is 0. The number of nitrogens with zero attached hydrogens (tertiary/aromatic N) is 3. The first-order chi connectivity index (χ1) is 9.70. The van der Waals surface area contributed by atoms with Crippen molar-refractivity contribution in [3.63, 3.8) is 0 Å². The molecule has 0 aliphatic rings. The number of aryl methyl sites for hydroxylation is 1. The Hall–Kier alpha value is -2.37. The fourth-order valence-electron chi connectivity index (χ4n) is 1.96. The van der Waals surface area contributed by atoms with Crippen LogP contribution in [0.25, 0.3) is 0 Å². The molecule has 1 aromatic carbocycles. The van der Waals surface area contributed by atoms with Crippen LogP contribution in [0.2, 0.25) is 0 Å². The Bertz CT molecular complexity index is 565. The molecule has 2 rings (SSSR count). The van der Waals surface area contributed by atoms with E-state index in [1.54, 1.807) is 17.1 Å². The van der Waals surface area contributed by atoms with E-state index < -0.39 is 0 Å². The van der Waals surface area contributed by atoms with Crippen molar-refractivity contribution in [2.24, 2.45) is 0 Å². The molecule has 0 unspecified atom stereocenters. The van der Waals surface area contributed by atoms with Crippen molar-refractivity contribution in [1.29, 1.82) is 0 Å². The van der Waals surface area contributed by atoms with Gasteiger partial charge < -0.3 is 10.6 Å². The summed E-state index contributed by atoms with van der Waals surface area (Å²) < 4.78 is 1.68. The first-order valence-electron chi connectivity index (χ1n) is 6.67. The number of carbonyl (C=O) groups excluding carboxylic acids is 1. The van der Waals surface area contributed by atoms with Gasteiger partial charge in [0.1, 0.15) is 0 Å². The lowest BCUT2D eigenvalue weighted by molar-refractivity contribution is 0.0951. The number of carbonyl (C=O) groups is 1. The molecule has 0 bridgehead atoms. The highest BCUT2D eigenvalue weighted by Crippen LogP contribution is 2.14. The molecule has 1 aromatic heterocycles. The quantitative estimate of drug-likeness (QED) is 0.835. The van der Waals surface area contributed by atoms with E-state index in [4.69, 9.17) is 0 Å². The van der Waals surface area contributed by atoms with Crippen LogP contribution in [0.3, 0.4) is 0 Å². The van der Waals surface area contributed by atoms with Gasteiger partial charge in [-0.05, 0) is 37.6 Å². The Balaban J connectivity index is 1.91. The van der Waals surface area contributed by atoms with Gasteiger partial charge in [0.15, 0.2) is 0 Å². The third kappa shape index (κ3) is 3.57. The number of hydrogen-bond donors (Lipinski definition) is 2. The van der Waals surface area contributed by atoms with Crippen LogP contribution in [0, 0.1) is 6.92 Å². The van der Waals surface area contributed by atoms with E-state index in [0.29, 0.717) is 18.7 Å². The highest BCUT2D eigenvalue weighted by atomic mass is 16.1. The molecule has 0 spiro atoms. The number of rotatable bonds is 6. The Labute approximate surface area is 118 Å². The summed E-state index contributed by atoms with van der Waals surface area (Å²) in [6.07, 6.45) is 3.38. The Morgan fingerprint density at radius 2 is 2.25 bits per heavy atom. The maximum absolute atomic E-state index is 12.1. The van der Waals surface area contributed by atoms with E-state index >= 15 is 0 Å². The van der Waals surface area contributed by atoms with Gasteiger partial charge in [-0.1, -0.05) is 5.21 Å². The van der Waals surface area contributed by atoms with Crippen LogP contribution in [-0.2, 0) is 6.54 Å². The van der Waals surface area contributed by atoms with Crippen LogP contribution in [0.1, 0.15) is 22.8 Å². The summed E-state index contributed by atoms with van der Waals surface area (Å²) in [6.45, 7) is 5.98. The molecular formula is C14H19N5O. The van der Waals surface area contributed by atoms with Crippen molar-refractivity contribution < 1.29 is 4.79 Å². The second kappa shape index (κ2) is 6.70. The molecule has 0 aliphatic heterocycles. The van der Waals surface area contributed by atoms with Crippen LogP contribution in [0.4, 0.5) is 5.69 Å². The van der Waals surface area contributed by atoms with Gasteiger partial charge in [-0.3, -0.25) is 9.48 Å². The lowest BCUT2D eigenvalue weighted by atomic mass is 10.1. The smallest absolute Gasteiger partial charge is 0.251 e. The summed E-state index contributed by atoms with van der Waals surface area (Å²) in [5, 5.41) is 13.7. The Morgan fingerprint density at radius 1 is 1.40 bits per heavy atom. The summed E-state index contributed by atoms with van der Waals surface area (Å²) in [6, 6.07) is 5.75. The zero-order chi connectivity index (χ0) is 14.4. The number of aromatic nitrogens is 3. The molecule has 0 saturated heterocycles. The number of amides is 1. The average molecular weight is 273 g/mol. The summed E-state index contributed by atoms with van der Waals surface area (Å²) in [5.41, 5.74) is 2.69. The standard InChI is InChI=1S/C14H19N5O/c1-3-15-12-4-5-13(11(2)10-12)14(20)16-6-8-19-9-7-17-18-19/h4-5,7,9-10,15H,3,6,8H2,1-2H3,(H,16,20). The van der Waals surface area contributed by atoms with Gasteiger partial charge >= 0.3 is 0 Å². The molecule has 0 fully saturated rings. The molecular weight excluding hydrogens is 254 g/mol. The van der Waals surface area contributed by atoms with Crippen molar-refractivity contribution in [3.8, 4) is 0 Å². The lowest BCUT2D eigenvalue weighted by Crippen LogP contribution is -2.28. The lowest BCUT2D eigenvalue weighted by Gasteiger charge is -2.10. The predicted octanol–water partition coefficient (Wildman–Crippen LogP) is 1.45. The van der Waals surface area contributed by atoms with E-state index in [1.165, 1.54) is 0 Å². The van der Waals surface area contributed by atoms with E-state index in [2.05, 4.69) is 20.9 Å². The molecule has 0 aliphatic carbocycles. The maximum Gasteiger partial charge on any atom is 0.251 e. The molecule has 2 aromatic rings. The zero-order valence-electron chi connectivity index (χ0n) is 11.8. The van der Waals surface area contributed by atoms with E-state index in [0.717, 1.165) is 17.8 Å². The molecule has 6 heteroatoms. The van der Waals surface area contributed by atoms with Crippen LogP contribution in [-0.4, -0.2) is 34.0 Å². The number of hydrogen-bond acceptors (Lipinski definition) is 4. The van der Waals surface area contributed by atoms with E-state index in [9.17, 15) is 4.79 Å². The summed E-state index contributed by atoms with van der Waals surface area (Å²) in [4.78, 5) is 12.1. The second-order valence-electron chi connectivity index (χ2n) is 4.48. The second-order valence-corrected chi connectivity index (χ2v) is 4.48. The molecule has 0 radical (unpaired) electrons. The van der Waals surface area contributed by atoms with Gasteiger partial charge in [0, 0.05) is 30.5 Å². The normalized spacial score (nSPS) is 10.3. The van der Waals surface area contributed by atoms with Crippen molar-refractivity contribution >= 4 is 11.6 Å². The van der Waals surface area contributed by atoms with Gasteiger partial charge in [-0.2, -0.15) is 0 Å². The summed E-state index contributed by atoms with van der Waals surface area (Å²) in [5.74, 6) is -0.0642. The Morgan fingerprint density at radius 3 is 2.90 bits per heavy atom. The zero-order valence-corrected chi connectivity index (χ0v) is 11.8. The first kappa shape index (κ1) is 14.0. The van der Waals surface area contributed by atoms with Crippen molar-refractivity contribution in [2.75, 3.05) is 18.4 Å². The van der Waals surface area contributed by atoms with E-state index in [1.807, 2.05) is 32.0 Å². The first-order valence-corrected chi connectivity index (χ1v) is 6.67. The minimum Gasteiger partial charge on any atom is -0.385 e. The molecule has 1 heterocycles. The van der Waals surface area contributed by atoms with Crippen LogP contribution in [0.5, 0.6) is 0 Å². The molecule has 6 nitrogen and oxygen atoms in total.